The quantitative estimate of drug-likeness (QED) is 0.333. The maximum absolute atomic E-state index is 12.0. The zero-order chi connectivity index (χ0) is 11.6. The molecule has 0 aromatic heterocycles. The van der Waals surface area contributed by atoms with Gasteiger partial charge in [0, 0.05) is 5.33 Å². The number of alkyl halides is 7. The SMILES string of the molecule is C=CC(CBr)N(C(F)(F)F)C(F)(F)F. The van der Waals surface area contributed by atoms with E-state index < -0.39 is 28.9 Å². The van der Waals surface area contributed by atoms with Crippen LogP contribution in [0.25, 0.3) is 0 Å². The van der Waals surface area contributed by atoms with E-state index in [9.17, 15) is 26.3 Å². The molecule has 0 heterocycles. The third-order valence-corrected chi connectivity index (χ3v) is 1.97. The van der Waals surface area contributed by atoms with Crippen LogP contribution in [0.2, 0.25) is 0 Å². The van der Waals surface area contributed by atoms with Gasteiger partial charge in [-0.05, 0) is 0 Å². The maximum Gasteiger partial charge on any atom is 0.467 e. The molecule has 8 heteroatoms. The van der Waals surface area contributed by atoms with Crippen molar-refractivity contribution in [2.75, 3.05) is 5.33 Å². The predicted octanol–water partition coefficient (Wildman–Crippen LogP) is 3.28. The largest absolute Gasteiger partial charge is 0.467 e. The van der Waals surface area contributed by atoms with Crippen molar-refractivity contribution >= 4 is 15.9 Å². The molecule has 0 aliphatic rings. The van der Waals surface area contributed by atoms with Crippen molar-refractivity contribution in [3.8, 4) is 0 Å². The molecule has 0 N–H and O–H groups in total. The van der Waals surface area contributed by atoms with E-state index in [-0.39, 0.29) is 0 Å². The highest BCUT2D eigenvalue weighted by atomic mass is 79.9. The van der Waals surface area contributed by atoms with E-state index in [0.29, 0.717) is 6.08 Å². The van der Waals surface area contributed by atoms with Gasteiger partial charge in [0.2, 0.25) is 0 Å². The Balaban J connectivity index is 5.00. The van der Waals surface area contributed by atoms with Crippen LogP contribution in [0.5, 0.6) is 0 Å². The van der Waals surface area contributed by atoms with Gasteiger partial charge in [-0.1, -0.05) is 22.0 Å². The van der Waals surface area contributed by atoms with Gasteiger partial charge < -0.3 is 0 Å². The summed E-state index contributed by atoms with van der Waals surface area (Å²) in [5.74, 6) is 0. The summed E-state index contributed by atoms with van der Waals surface area (Å²) in [6, 6.07) is -1.87. The normalized spacial score (nSPS) is 15.7. The first kappa shape index (κ1) is 13.8. The fourth-order valence-electron chi connectivity index (χ4n) is 0.757. The molecule has 0 spiro atoms. The highest BCUT2D eigenvalue weighted by Gasteiger charge is 2.56. The van der Waals surface area contributed by atoms with Crippen molar-refractivity contribution < 1.29 is 26.3 Å². The van der Waals surface area contributed by atoms with Gasteiger partial charge in [-0.2, -0.15) is 26.3 Å². The zero-order valence-corrected chi connectivity index (χ0v) is 8.25. The average Bonchev–Trinajstić information content (AvgIpc) is 1.94. The molecular weight excluding hydrogens is 280 g/mol. The van der Waals surface area contributed by atoms with Crippen LogP contribution in [-0.4, -0.2) is 28.9 Å². The molecule has 14 heavy (non-hydrogen) atoms. The first-order chi connectivity index (χ1) is 6.14. The van der Waals surface area contributed by atoms with Crippen molar-refractivity contribution in [1.29, 1.82) is 0 Å². The van der Waals surface area contributed by atoms with Crippen molar-refractivity contribution in [3.63, 3.8) is 0 Å². The van der Waals surface area contributed by atoms with Gasteiger partial charge in [-0.3, -0.25) is 0 Å². The van der Waals surface area contributed by atoms with Crippen LogP contribution in [0.15, 0.2) is 12.7 Å². The van der Waals surface area contributed by atoms with Crippen molar-refractivity contribution in [1.82, 2.24) is 4.90 Å². The lowest BCUT2D eigenvalue weighted by Gasteiger charge is -2.31. The second kappa shape index (κ2) is 4.52. The van der Waals surface area contributed by atoms with E-state index in [1.165, 1.54) is 0 Å². The minimum Gasteiger partial charge on any atom is -0.155 e. The molecule has 0 aliphatic heterocycles. The van der Waals surface area contributed by atoms with Crippen LogP contribution in [0.1, 0.15) is 0 Å². The van der Waals surface area contributed by atoms with Crippen molar-refractivity contribution in [3.05, 3.63) is 12.7 Å². The van der Waals surface area contributed by atoms with Gasteiger partial charge in [0.1, 0.15) is 0 Å². The summed E-state index contributed by atoms with van der Waals surface area (Å²) >= 11 is 2.55. The van der Waals surface area contributed by atoms with Crippen LogP contribution in [0.3, 0.4) is 0 Å². The molecule has 0 saturated heterocycles. The first-order valence-electron chi connectivity index (χ1n) is 3.26. The fraction of sp³-hybridized carbons (Fsp3) is 0.667. The van der Waals surface area contributed by atoms with Crippen LogP contribution in [0.4, 0.5) is 26.3 Å². The van der Waals surface area contributed by atoms with Gasteiger partial charge >= 0.3 is 12.6 Å². The second-order valence-corrected chi connectivity index (χ2v) is 2.91. The van der Waals surface area contributed by atoms with E-state index in [4.69, 9.17) is 0 Å². The molecule has 1 unspecified atom stereocenters. The molecule has 1 atom stereocenters. The summed E-state index contributed by atoms with van der Waals surface area (Å²) in [6.45, 7) is 2.91. The standard InChI is InChI=1S/C6H6BrF6N/c1-2-4(3-7)14(5(8,9)10)6(11,12)13/h2,4H,1,3H2. The summed E-state index contributed by atoms with van der Waals surface area (Å²) in [5, 5.41) is -0.504. The molecule has 0 amide bonds. The van der Waals surface area contributed by atoms with Gasteiger partial charge in [0.15, 0.2) is 0 Å². The second-order valence-electron chi connectivity index (χ2n) is 2.26. The third-order valence-electron chi connectivity index (χ3n) is 1.31. The molecule has 0 bridgehead atoms. The fourth-order valence-corrected chi connectivity index (χ4v) is 1.31. The van der Waals surface area contributed by atoms with Crippen molar-refractivity contribution in [2.45, 2.75) is 18.6 Å². The summed E-state index contributed by atoms with van der Waals surface area (Å²) in [5.41, 5.74) is 0. The minimum atomic E-state index is -5.47. The Hall–Kier alpha value is -0.240. The number of halogens is 7. The van der Waals surface area contributed by atoms with Crippen molar-refractivity contribution in [2.24, 2.45) is 0 Å². The monoisotopic (exact) mass is 285 g/mol. The average molecular weight is 286 g/mol. The molecule has 0 rings (SSSR count). The highest BCUT2D eigenvalue weighted by Crippen LogP contribution is 2.36. The predicted molar refractivity (Wildman–Crippen MR) is 41.7 cm³/mol. The molecule has 0 aliphatic carbocycles. The Morgan fingerprint density at radius 1 is 1.14 bits per heavy atom. The minimum absolute atomic E-state index is 0.504. The van der Waals surface area contributed by atoms with Gasteiger partial charge in [-0.15, -0.1) is 11.5 Å². The summed E-state index contributed by atoms with van der Waals surface area (Å²) in [4.78, 5) is -1.51. The van der Waals surface area contributed by atoms with E-state index in [2.05, 4.69) is 22.5 Å². The lowest BCUT2D eigenvalue weighted by atomic mass is 10.3. The molecule has 0 saturated carbocycles. The van der Waals surface area contributed by atoms with E-state index >= 15 is 0 Å². The summed E-state index contributed by atoms with van der Waals surface area (Å²) < 4.78 is 71.9. The Morgan fingerprint density at radius 2 is 1.50 bits per heavy atom. The molecule has 0 aromatic carbocycles. The zero-order valence-electron chi connectivity index (χ0n) is 6.66. The van der Waals surface area contributed by atoms with E-state index in [1.54, 1.807) is 0 Å². The lowest BCUT2D eigenvalue weighted by Crippen LogP contribution is -2.53. The Kier molecular flexibility index (Phi) is 4.44. The highest BCUT2D eigenvalue weighted by molar-refractivity contribution is 9.09. The van der Waals surface area contributed by atoms with E-state index in [0.717, 1.165) is 0 Å². The Bertz CT molecular complexity index is 183. The lowest BCUT2D eigenvalue weighted by molar-refractivity contribution is -0.378. The Morgan fingerprint density at radius 3 is 1.57 bits per heavy atom. The summed E-state index contributed by atoms with van der Waals surface area (Å²) in [6.07, 6.45) is -10.4. The van der Waals surface area contributed by atoms with Crippen LogP contribution in [-0.2, 0) is 0 Å². The molecule has 84 valence electrons. The molecule has 0 fully saturated rings. The molecule has 1 nitrogen and oxygen atoms in total. The van der Waals surface area contributed by atoms with Gasteiger partial charge in [0.25, 0.3) is 0 Å². The third kappa shape index (κ3) is 3.49. The number of hydrogen-bond donors (Lipinski definition) is 0. The molecular formula is C6H6BrF6N. The maximum atomic E-state index is 12.0. The Labute approximate surface area is 84.5 Å². The number of rotatable bonds is 3. The number of hydrogen-bond acceptors (Lipinski definition) is 1. The van der Waals surface area contributed by atoms with Gasteiger partial charge in [0.05, 0.1) is 6.04 Å². The molecule has 0 aromatic rings. The van der Waals surface area contributed by atoms with Gasteiger partial charge in [-0.25, -0.2) is 0 Å². The van der Waals surface area contributed by atoms with Crippen LogP contribution in [0, 0.1) is 0 Å². The first-order valence-corrected chi connectivity index (χ1v) is 4.38. The van der Waals surface area contributed by atoms with Crippen LogP contribution >= 0.6 is 15.9 Å². The number of nitrogens with zero attached hydrogens (tertiary/aromatic N) is 1. The molecule has 0 radical (unpaired) electrons. The summed E-state index contributed by atoms with van der Waals surface area (Å²) in [7, 11) is 0. The smallest absolute Gasteiger partial charge is 0.155 e. The van der Waals surface area contributed by atoms with Crippen LogP contribution < -0.4 is 0 Å². The topological polar surface area (TPSA) is 3.24 Å². The van der Waals surface area contributed by atoms with E-state index in [1.807, 2.05) is 0 Å².